The minimum atomic E-state index is 0.711. The van der Waals surface area contributed by atoms with Crippen LogP contribution in [0.4, 0.5) is 11.8 Å². The van der Waals surface area contributed by atoms with Crippen molar-refractivity contribution in [2.24, 2.45) is 0 Å². The van der Waals surface area contributed by atoms with Crippen molar-refractivity contribution in [2.75, 3.05) is 23.3 Å². The van der Waals surface area contributed by atoms with Gasteiger partial charge in [-0.15, -0.1) is 0 Å². The molecule has 1 aliphatic rings. The monoisotopic (exact) mass is 398 g/mol. The third kappa shape index (κ3) is 3.85. The van der Waals surface area contributed by atoms with E-state index in [0.29, 0.717) is 6.54 Å². The zero-order valence-electron chi connectivity index (χ0n) is 17.0. The van der Waals surface area contributed by atoms with E-state index in [-0.39, 0.29) is 0 Å². The number of benzene rings is 2. The molecule has 0 saturated carbocycles. The number of aromatic nitrogens is 4. The maximum Gasteiger partial charge on any atom is 0.229 e. The van der Waals surface area contributed by atoms with Gasteiger partial charge in [0.1, 0.15) is 5.82 Å². The molecule has 6 nitrogen and oxygen atoms in total. The number of rotatable bonds is 5. The summed E-state index contributed by atoms with van der Waals surface area (Å²) in [6.07, 6.45) is 6.79. The molecular weight excluding hydrogens is 372 g/mol. The lowest BCUT2D eigenvalue weighted by molar-refractivity contribution is 0.726. The summed E-state index contributed by atoms with van der Waals surface area (Å²) in [5, 5.41) is 9.11. The van der Waals surface area contributed by atoms with Gasteiger partial charge in [0.25, 0.3) is 0 Å². The number of anilines is 2. The second-order valence-electron chi connectivity index (χ2n) is 7.74. The van der Waals surface area contributed by atoms with Crippen LogP contribution in [0.2, 0.25) is 0 Å². The lowest BCUT2D eigenvalue weighted by atomic mass is 10.2. The van der Waals surface area contributed by atoms with Crippen molar-refractivity contribution in [2.45, 2.75) is 32.2 Å². The van der Waals surface area contributed by atoms with Gasteiger partial charge < -0.3 is 10.2 Å². The average molecular weight is 399 g/mol. The van der Waals surface area contributed by atoms with Gasteiger partial charge in [-0.05, 0) is 30.5 Å². The molecule has 1 saturated heterocycles. The largest absolute Gasteiger partial charge is 0.365 e. The molecular formula is C24H26N6. The van der Waals surface area contributed by atoms with E-state index in [1.165, 1.54) is 31.2 Å². The van der Waals surface area contributed by atoms with E-state index in [1.54, 1.807) is 0 Å². The van der Waals surface area contributed by atoms with E-state index in [2.05, 4.69) is 51.7 Å². The Morgan fingerprint density at radius 2 is 1.50 bits per heavy atom. The maximum atomic E-state index is 4.97. The third-order valence-corrected chi connectivity index (χ3v) is 5.61. The molecule has 0 amide bonds. The van der Waals surface area contributed by atoms with Crippen LogP contribution < -0.4 is 10.2 Å². The van der Waals surface area contributed by atoms with Gasteiger partial charge in [0, 0.05) is 19.6 Å². The van der Waals surface area contributed by atoms with E-state index in [1.807, 2.05) is 35.1 Å². The Hall–Kier alpha value is -3.41. The van der Waals surface area contributed by atoms with Crippen molar-refractivity contribution < 1.29 is 0 Å². The first-order valence-electron chi connectivity index (χ1n) is 10.7. The Kier molecular flexibility index (Phi) is 5.29. The van der Waals surface area contributed by atoms with E-state index in [4.69, 9.17) is 9.97 Å². The van der Waals surface area contributed by atoms with Crippen molar-refractivity contribution in [1.82, 2.24) is 19.7 Å². The third-order valence-electron chi connectivity index (χ3n) is 5.61. The van der Waals surface area contributed by atoms with Crippen LogP contribution in [0.3, 0.4) is 0 Å². The molecule has 6 heteroatoms. The molecule has 0 aliphatic carbocycles. The zero-order valence-corrected chi connectivity index (χ0v) is 17.0. The smallest absolute Gasteiger partial charge is 0.229 e. The van der Waals surface area contributed by atoms with Gasteiger partial charge in [0.2, 0.25) is 5.95 Å². The van der Waals surface area contributed by atoms with Crippen LogP contribution in [0.15, 0.2) is 66.9 Å². The molecule has 152 valence electrons. The van der Waals surface area contributed by atoms with Crippen LogP contribution in [-0.4, -0.2) is 32.8 Å². The predicted molar refractivity (Wildman–Crippen MR) is 121 cm³/mol. The van der Waals surface area contributed by atoms with Crippen LogP contribution in [0, 0.1) is 0 Å². The van der Waals surface area contributed by atoms with Crippen LogP contribution in [0.5, 0.6) is 0 Å². The molecule has 1 fully saturated rings. The second kappa shape index (κ2) is 8.53. The molecule has 0 radical (unpaired) electrons. The highest BCUT2D eigenvalue weighted by molar-refractivity contribution is 5.88. The van der Waals surface area contributed by atoms with E-state index in [0.717, 1.165) is 41.6 Å². The average Bonchev–Trinajstić information content (AvgIpc) is 3.04. The van der Waals surface area contributed by atoms with Crippen LogP contribution in [-0.2, 0) is 6.54 Å². The van der Waals surface area contributed by atoms with E-state index < -0.39 is 0 Å². The maximum absolute atomic E-state index is 4.97. The fourth-order valence-corrected chi connectivity index (χ4v) is 3.98. The summed E-state index contributed by atoms with van der Waals surface area (Å²) in [6.45, 7) is 2.72. The normalized spacial score (nSPS) is 14.6. The molecule has 5 rings (SSSR count). The Balaban J connectivity index is 1.57. The van der Waals surface area contributed by atoms with Crippen molar-refractivity contribution in [3.05, 3.63) is 72.4 Å². The van der Waals surface area contributed by atoms with Crippen LogP contribution >= 0.6 is 0 Å². The minimum absolute atomic E-state index is 0.711. The van der Waals surface area contributed by atoms with Crippen LogP contribution in [0.25, 0.3) is 16.7 Å². The summed E-state index contributed by atoms with van der Waals surface area (Å²) >= 11 is 0. The molecule has 2 aromatic heterocycles. The SMILES string of the molecule is c1ccc(CNc2nc(N3CCCCCC3)nc3c2cnn3-c2ccccc2)cc1. The number of nitrogens with zero attached hydrogens (tertiary/aromatic N) is 5. The molecule has 2 aromatic carbocycles. The number of nitrogens with one attached hydrogen (secondary N) is 1. The topological polar surface area (TPSA) is 58.9 Å². The van der Waals surface area contributed by atoms with Gasteiger partial charge in [-0.2, -0.15) is 15.1 Å². The molecule has 3 heterocycles. The lowest BCUT2D eigenvalue weighted by Gasteiger charge is -2.21. The highest BCUT2D eigenvalue weighted by Crippen LogP contribution is 2.27. The highest BCUT2D eigenvalue weighted by atomic mass is 15.3. The fraction of sp³-hybridized carbons (Fsp3) is 0.292. The minimum Gasteiger partial charge on any atom is -0.365 e. The standard InChI is InChI=1S/C24H26N6/c1-2-10-16-29(15-9-1)24-27-22(25-17-19-11-5-3-6-12-19)21-18-26-30(23(21)28-24)20-13-7-4-8-14-20/h3-8,11-14,18H,1-2,9-10,15-17H2,(H,25,27,28). The van der Waals surface area contributed by atoms with Gasteiger partial charge in [-0.3, -0.25) is 0 Å². The zero-order chi connectivity index (χ0) is 20.2. The molecule has 1 aliphatic heterocycles. The van der Waals surface area contributed by atoms with Gasteiger partial charge in [0.05, 0.1) is 17.3 Å². The Morgan fingerprint density at radius 1 is 0.800 bits per heavy atom. The summed E-state index contributed by atoms with van der Waals surface area (Å²) in [5.74, 6) is 1.63. The van der Waals surface area contributed by atoms with Gasteiger partial charge in [0.15, 0.2) is 5.65 Å². The van der Waals surface area contributed by atoms with Crippen molar-refractivity contribution >= 4 is 22.8 Å². The van der Waals surface area contributed by atoms with Gasteiger partial charge in [-0.25, -0.2) is 4.68 Å². The summed E-state index contributed by atoms with van der Waals surface area (Å²) in [7, 11) is 0. The van der Waals surface area contributed by atoms with E-state index >= 15 is 0 Å². The highest BCUT2D eigenvalue weighted by Gasteiger charge is 2.18. The molecule has 0 atom stereocenters. The van der Waals surface area contributed by atoms with E-state index in [9.17, 15) is 0 Å². The Labute approximate surface area is 176 Å². The number of fused-ring (bicyclic) bond motifs is 1. The van der Waals surface area contributed by atoms with Crippen LogP contribution in [0.1, 0.15) is 31.2 Å². The van der Waals surface area contributed by atoms with Gasteiger partial charge >= 0.3 is 0 Å². The molecule has 30 heavy (non-hydrogen) atoms. The molecule has 0 bridgehead atoms. The number of hydrogen-bond acceptors (Lipinski definition) is 5. The summed E-state index contributed by atoms with van der Waals surface area (Å²) in [6, 6.07) is 20.6. The Bertz CT molecular complexity index is 1100. The van der Waals surface area contributed by atoms with Gasteiger partial charge in [-0.1, -0.05) is 61.4 Å². The molecule has 0 unspecified atom stereocenters. The van der Waals surface area contributed by atoms with Crippen molar-refractivity contribution in [3.8, 4) is 5.69 Å². The molecule has 1 N–H and O–H groups in total. The first kappa shape index (κ1) is 18.6. The van der Waals surface area contributed by atoms with Crippen molar-refractivity contribution in [1.29, 1.82) is 0 Å². The number of hydrogen-bond donors (Lipinski definition) is 1. The lowest BCUT2D eigenvalue weighted by Crippen LogP contribution is -2.26. The summed E-state index contributed by atoms with van der Waals surface area (Å²) in [4.78, 5) is 12.2. The molecule has 0 spiro atoms. The summed E-state index contributed by atoms with van der Waals surface area (Å²) < 4.78 is 1.91. The second-order valence-corrected chi connectivity index (χ2v) is 7.74. The first-order chi connectivity index (χ1) is 14.9. The fourth-order valence-electron chi connectivity index (χ4n) is 3.98. The Morgan fingerprint density at radius 3 is 2.23 bits per heavy atom. The first-order valence-corrected chi connectivity index (χ1v) is 10.7. The summed E-state index contributed by atoms with van der Waals surface area (Å²) in [5.41, 5.74) is 3.06. The predicted octanol–water partition coefficient (Wildman–Crippen LogP) is 4.81. The van der Waals surface area contributed by atoms with Crippen molar-refractivity contribution in [3.63, 3.8) is 0 Å². The quantitative estimate of drug-likeness (QED) is 0.523. The number of para-hydroxylation sites is 1. The molecule has 4 aromatic rings.